The van der Waals surface area contributed by atoms with Crippen molar-refractivity contribution in [3.05, 3.63) is 132 Å². The third kappa shape index (κ3) is 7.60. The van der Waals surface area contributed by atoms with Crippen LogP contribution in [0.4, 0.5) is 8.78 Å². The van der Waals surface area contributed by atoms with Crippen LogP contribution in [0.1, 0.15) is 18.6 Å². The van der Waals surface area contributed by atoms with Gasteiger partial charge in [-0.1, -0.05) is 92.4 Å². The molecule has 32 heavy (non-hydrogen) atoms. The van der Waals surface area contributed by atoms with Crippen molar-refractivity contribution < 1.29 is 18.3 Å². The molecule has 0 amide bonds. The summed E-state index contributed by atoms with van der Waals surface area (Å²) in [7, 11) is 0. The Labute approximate surface area is 193 Å². The Kier molecular flexibility index (Phi) is 9.51. The molecular weight excluding hydrogens is 426 g/mol. The minimum Gasteiger partial charge on any atom is -0.445 e. The van der Waals surface area contributed by atoms with E-state index in [1.165, 1.54) is 24.3 Å². The van der Waals surface area contributed by atoms with Gasteiger partial charge in [0.25, 0.3) is 0 Å². The Bertz CT molecular complexity index is 1060. The van der Waals surface area contributed by atoms with Gasteiger partial charge in [0.05, 0.1) is 5.56 Å². The van der Waals surface area contributed by atoms with E-state index >= 15 is 0 Å². The molecule has 0 atom stereocenters. The van der Waals surface area contributed by atoms with Crippen molar-refractivity contribution in [3.8, 4) is 11.5 Å². The lowest BCUT2D eigenvalue weighted by Crippen LogP contribution is -2.21. The first-order valence-electron chi connectivity index (χ1n) is 9.54. The maximum atomic E-state index is 13.6. The van der Waals surface area contributed by atoms with E-state index in [9.17, 15) is 8.78 Å². The Morgan fingerprint density at radius 2 is 1.00 bits per heavy atom. The summed E-state index contributed by atoms with van der Waals surface area (Å²) in [6, 6.07) is 34.8. The normalized spacial score (nSPS) is 10.1. The number of ether oxygens (including phenoxy) is 2. The van der Waals surface area contributed by atoms with E-state index in [4.69, 9.17) is 17.0 Å². The third-order valence-electron chi connectivity index (χ3n) is 4.06. The second-order valence-electron chi connectivity index (χ2n) is 6.37. The molecule has 0 unspecified atom stereocenters. The minimum atomic E-state index is -3.30. The van der Waals surface area contributed by atoms with Crippen molar-refractivity contribution in [3.63, 3.8) is 0 Å². The summed E-state index contributed by atoms with van der Waals surface area (Å²) in [4.78, 5) is 0. The number of alkyl halides is 2. The second-order valence-corrected chi connectivity index (χ2v) is 6.74. The summed E-state index contributed by atoms with van der Waals surface area (Å²) in [6.45, 7) is 0. The number of thiocarbonyl (C=S) groups is 1. The van der Waals surface area contributed by atoms with Gasteiger partial charge < -0.3 is 9.47 Å². The Morgan fingerprint density at radius 3 is 1.50 bits per heavy atom. The summed E-state index contributed by atoms with van der Waals surface area (Å²) in [6.07, 6.45) is -3.30. The second kappa shape index (κ2) is 12.3. The lowest BCUT2D eigenvalue weighted by atomic mass is 10.2. The summed E-state index contributed by atoms with van der Waals surface area (Å²) in [5, 5.41) is 0.502. The number of hydrogen-bond acceptors (Lipinski definition) is 3. The zero-order chi connectivity index (χ0) is 21.9. The SMILES string of the molecule is C.FC(F)(Oc1ccccc1)c1ccccc1.S=C(Oc1ccccc1)c1ccccc1. The number of para-hydroxylation sites is 2. The van der Waals surface area contributed by atoms with Crippen molar-refractivity contribution in [2.75, 3.05) is 0 Å². The molecule has 0 heterocycles. The highest BCUT2D eigenvalue weighted by Crippen LogP contribution is 2.30. The Balaban J connectivity index is 0.000000220. The van der Waals surface area contributed by atoms with Crippen LogP contribution in [0.25, 0.3) is 0 Å². The van der Waals surface area contributed by atoms with Gasteiger partial charge in [-0.2, -0.15) is 8.78 Å². The molecule has 0 aliphatic heterocycles. The van der Waals surface area contributed by atoms with E-state index in [1.54, 1.807) is 36.4 Å². The van der Waals surface area contributed by atoms with Crippen molar-refractivity contribution >= 4 is 17.3 Å². The monoisotopic (exact) mass is 450 g/mol. The van der Waals surface area contributed by atoms with E-state index in [2.05, 4.69) is 4.74 Å². The molecule has 0 saturated carbocycles. The number of halogens is 2. The average Bonchev–Trinajstić information content (AvgIpc) is 2.82. The molecule has 0 saturated heterocycles. The van der Waals surface area contributed by atoms with Gasteiger partial charge in [-0.05, 0) is 48.6 Å². The molecular formula is C27H24F2O2S. The zero-order valence-electron chi connectivity index (χ0n) is 16.5. The summed E-state index contributed by atoms with van der Waals surface area (Å²) in [5.74, 6) is 0.919. The van der Waals surface area contributed by atoms with Crippen LogP contribution >= 0.6 is 12.2 Å². The first-order valence-corrected chi connectivity index (χ1v) is 9.95. The fraction of sp³-hybridized carbons (Fsp3) is 0.0741. The lowest BCUT2D eigenvalue weighted by molar-refractivity contribution is -0.185. The number of rotatable bonds is 5. The van der Waals surface area contributed by atoms with E-state index in [-0.39, 0.29) is 18.7 Å². The van der Waals surface area contributed by atoms with Crippen LogP contribution in [0, 0.1) is 0 Å². The van der Waals surface area contributed by atoms with Crippen LogP contribution in [-0.4, -0.2) is 5.05 Å². The van der Waals surface area contributed by atoms with Crippen molar-refractivity contribution in [1.82, 2.24) is 0 Å². The average molecular weight is 451 g/mol. The highest BCUT2D eigenvalue weighted by atomic mass is 32.1. The van der Waals surface area contributed by atoms with Crippen LogP contribution < -0.4 is 9.47 Å². The standard InChI is InChI=1S/C13H10F2O.C13H10OS.CH4/c14-13(15,11-7-3-1-4-8-11)16-12-9-5-2-6-10-12;15-13(11-7-3-1-4-8-11)14-12-9-5-2-6-10-12;/h1-10H;1-10H;1H4. The van der Waals surface area contributed by atoms with Crippen LogP contribution in [0.5, 0.6) is 11.5 Å². The summed E-state index contributed by atoms with van der Waals surface area (Å²) >= 11 is 5.18. The number of hydrogen-bond donors (Lipinski definition) is 0. The largest absolute Gasteiger partial charge is 0.445 e. The molecule has 0 spiro atoms. The molecule has 0 N–H and O–H groups in total. The first kappa shape index (κ1) is 24.7. The molecule has 4 aromatic rings. The lowest BCUT2D eigenvalue weighted by Gasteiger charge is -2.17. The molecule has 0 fully saturated rings. The van der Waals surface area contributed by atoms with Gasteiger partial charge >= 0.3 is 6.11 Å². The molecule has 164 valence electrons. The van der Waals surface area contributed by atoms with Crippen LogP contribution in [0.3, 0.4) is 0 Å². The molecule has 0 radical (unpaired) electrons. The minimum absolute atomic E-state index is 0. The van der Waals surface area contributed by atoms with Gasteiger partial charge in [-0.25, -0.2) is 0 Å². The predicted molar refractivity (Wildman–Crippen MR) is 129 cm³/mol. The first-order chi connectivity index (χ1) is 15.0. The van der Waals surface area contributed by atoms with Gasteiger partial charge in [0.15, 0.2) is 5.05 Å². The molecule has 0 aliphatic rings. The summed E-state index contributed by atoms with van der Waals surface area (Å²) in [5.41, 5.74) is 0.773. The quantitative estimate of drug-likeness (QED) is 0.288. The highest BCUT2D eigenvalue weighted by molar-refractivity contribution is 7.80. The summed E-state index contributed by atoms with van der Waals surface area (Å²) < 4.78 is 37.4. The fourth-order valence-electron chi connectivity index (χ4n) is 2.56. The van der Waals surface area contributed by atoms with Crippen molar-refractivity contribution in [1.29, 1.82) is 0 Å². The molecule has 5 heteroatoms. The molecule has 4 rings (SSSR count). The molecule has 2 nitrogen and oxygen atoms in total. The topological polar surface area (TPSA) is 18.5 Å². The zero-order valence-corrected chi connectivity index (χ0v) is 17.3. The third-order valence-corrected chi connectivity index (χ3v) is 4.38. The molecule has 0 bridgehead atoms. The Morgan fingerprint density at radius 1 is 0.594 bits per heavy atom. The van der Waals surface area contributed by atoms with Gasteiger partial charge in [-0.3, -0.25) is 0 Å². The predicted octanol–water partition coefficient (Wildman–Crippen LogP) is 7.89. The highest BCUT2D eigenvalue weighted by Gasteiger charge is 2.33. The van der Waals surface area contributed by atoms with Gasteiger partial charge in [-0.15, -0.1) is 0 Å². The van der Waals surface area contributed by atoms with Crippen LogP contribution in [0.15, 0.2) is 121 Å². The van der Waals surface area contributed by atoms with E-state index < -0.39 is 6.11 Å². The Hall–Kier alpha value is -3.57. The van der Waals surface area contributed by atoms with E-state index in [1.807, 2.05) is 60.7 Å². The maximum absolute atomic E-state index is 13.6. The van der Waals surface area contributed by atoms with Crippen LogP contribution in [-0.2, 0) is 6.11 Å². The van der Waals surface area contributed by atoms with Gasteiger partial charge in [0.1, 0.15) is 11.5 Å². The fourth-order valence-corrected chi connectivity index (χ4v) is 2.79. The van der Waals surface area contributed by atoms with Gasteiger partial charge in [0, 0.05) is 5.56 Å². The van der Waals surface area contributed by atoms with E-state index in [0.717, 1.165) is 11.3 Å². The van der Waals surface area contributed by atoms with E-state index in [0.29, 0.717) is 5.05 Å². The van der Waals surface area contributed by atoms with Crippen molar-refractivity contribution in [2.24, 2.45) is 0 Å². The smallest absolute Gasteiger partial charge is 0.426 e. The van der Waals surface area contributed by atoms with Crippen molar-refractivity contribution in [2.45, 2.75) is 13.5 Å². The molecule has 0 aromatic heterocycles. The van der Waals surface area contributed by atoms with Crippen LogP contribution in [0.2, 0.25) is 0 Å². The number of benzene rings is 4. The molecule has 4 aromatic carbocycles. The maximum Gasteiger partial charge on any atom is 0.426 e. The van der Waals surface area contributed by atoms with Gasteiger partial charge in [0.2, 0.25) is 0 Å². The molecule has 0 aliphatic carbocycles.